The number of nitrogens with zero attached hydrogens (tertiary/aromatic N) is 4. The molecule has 3 rings (SSSR count). The van der Waals surface area contributed by atoms with Gasteiger partial charge >= 0.3 is 0 Å². The second-order valence-corrected chi connectivity index (χ2v) is 5.96. The van der Waals surface area contributed by atoms with Crippen LogP contribution in [-0.2, 0) is 11.8 Å². The number of carbonyl (C=O) groups excluding carboxylic acids is 1. The highest BCUT2D eigenvalue weighted by Crippen LogP contribution is 2.30. The Morgan fingerprint density at radius 3 is 3.00 bits per heavy atom. The maximum atomic E-state index is 12.4. The molecule has 1 amide bonds. The van der Waals surface area contributed by atoms with E-state index in [1.807, 2.05) is 30.3 Å². The summed E-state index contributed by atoms with van der Waals surface area (Å²) in [5.41, 5.74) is 1.31. The fourth-order valence-corrected chi connectivity index (χ4v) is 3.04. The van der Waals surface area contributed by atoms with E-state index in [9.17, 15) is 4.79 Å². The van der Waals surface area contributed by atoms with Gasteiger partial charge in [0.2, 0.25) is 5.91 Å². The number of aromatic nitrogens is 2. The summed E-state index contributed by atoms with van der Waals surface area (Å²) in [5.74, 6) is 0.0470. The molecule has 1 atom stereocenters. The molecule has 0 radical (unpaired) electrons. The molecule has 1 fully saturated rings. The number of para-hydroxylation sites is 1. The summed E-state index contributed by atoms with van der Waals surface area (Å²) in [6, 6.07) is 9.64. The van der Waals surface area contributed by atoms with Crippen LogP contribution in [0.25, 0.3) is 0 Å². The molecule has 6 nitrogen and oxygen atoms in total. The van der Waals surface area contributed by atoms with Crippen molar-refractivity contribution in [1.82, 2.24) is 9.78 Å². The smallest absolute Gasteiger partial charge is 0.230 e. The first-order chi connectivity index (χ1) is 11.1. The van der Waals surface area contributed by atoms with Gasteiger partial charge in [0.1, 0.15) is 11.6 Å². The predicted molar refractivity (Wildman–Crippen MR) is 88.3 cm³/mol. The third-order valence-corrected chi connectivity index (χ3v) is 4.26. The largest absolute Gasteiger partial charge is 0.370 e. The molecule has 118 valence electrons. The summed E-state index contributed by atoms with van der Waals surface area (Å²) >= 11 is 6.21. The molecule has 0 bridgehead atoms. The third-order valence-electron chi connectivity index (χ3n) is 3.94. The Morgan fingerprint density at radius 2 is 2.26 bits per heavy atom. The zero-order valence-electron chi connectivity index (χ0n) is 12.7. The van der Waals surface area contributed by atoms with Gasteiger partial charge in [-0.3, -0.25) is 9.48 Å². The lowest BCUT2D eigenvalue weighted by Crippen LogP contribution is -2.27. The van der Waals surface area contributed by atoms with E-state index in [0.29, 0.717) is 22.9 Å². The minimum absolute atomic E-state index is 0.116. The quantitative estimate of drug-likeness (QED) is 0.938. The summed E-state index contributed by atoms with van der Waals surface area (Å²) in [7, 11) is 1.71. The van der Waals surface area contributed by atoms with Crippen molar-refractivity contribution in [2.24, 2.45) is 13.0 Å². The fourth-order valence-electron chi connectivity index (χ4n) is 2.78. The van der Waals surface area contributed by atoms with E-state index in [1.165, 1.54) is 4.68 Å². The van der Waals surface area contributed by atoms with Gasteiger partial charge < -0.3 is 10.2 Å². The van der Waals surface area contributed by atoms with Crippen molar-refractivity contribution in [3.05, 3.63) is 41.0 Å². The predicted octanol–water partition coefficient (Wildman–Crippen LogP) is 2.41. The summed E-state index contributed by atoms with van der Waals surface area (Å²) in [6.07, 6.45) is 2.33. The van der Waals surface area contributed by atoms with Crippen LogP contribution in [0.2, 0.25) is 5.02 Å². The monoisotopic (exact) mass is 329 g/mol. The van der Waals surface area contributed by atoms with Crippen LogP contribution >= 0.6 is 11.6 Å². The van der Waals surface area contributed by atoms with Gasteiger partial charge in [-0.1, -0.05) is 23.7 Å². The SMILES string of the molecule is Cn1cc(C#N)c(NC(=O)C2CCN(c3ccccc3Cl)C2)n1. The van der Waals surface area contributed by atoms with E-state index in [4.69, 9.17) is 16.9 Å². The molecular weight excluding hydrogens is 314 g/mol. The number of aryl methyl sites for hydroxylation is 1. The molecule has 1 aromatic heterocycles. The number of carbonyl (C=O) groups is 1. The van der Waals surface area contributed by atoms with E-state index in [0.717, 1.165) is 18.7 Å². The molecule has 0 spiro atoms. The normalized spacial score (nSPS) is 17.1. The number of hydrogen-bond donors (Lipinski definition) is 1. The molecule has 1 aliphatic rings. The summed E-state index contributed by atoms with van der Waals surface area (Å²) in [5, 5.41) is 16.6. The molecule has 1 aromatic carbocycles. The minimum Gasteiger partial charge on any atom is -0.370 e. The van der Waals surface area contributed by atoms with Crippen LogP contribution in [0, 0.1) is 17.2 Å². The first-order valence-corrected chi connectivity index (χ1v) is 7.70. The molecule has 1 aliphatic heterocycles. The Bertz CT molecular complexity index is 779. The summed E-state index contributed by atoms with van der Waals surface area (Å²) in [4.78, 5) is 14.5. The average Bonchev–Trinajstić information content (AvgIpc) is 3.14. The Balaban J connectivity index is 1.68. The third kappa shape index (κ3) is 3.15. The van der Waals surface area contributed by atoms with Crippen LogP contribution in [0.1, 0.15) is 12.0 Å². The highest BCUT2D eigenvalue weighted by Gasteiger charge is 2.30. The second kappa shape index (κ2) is 6.31. The lowest BCUT2D eigenvalue weighted by molar-refractivity contribution is -0.119. The molecule has 2 heterocycles. The van der Waals surface area contributed by atoms with Crippen molar-refractivity contribution in [1.29, 1.82) is 5.26 Å². The first kappa shape index (κ1) is 15.4. The highest BCUT2D eigenvalue weighted by molar-refractivity contribution is 6.33. The van der Waals surface area contributed by atoms with Gasteiger partial charge in [-0.25, -0.2) is 0 Å². The standard InChI is InChI=1S/C16H16ClN5O/c1-21-9-12(8-18)15(20-21)19-16(23)11-6-7-22(10-11)14-5-3-2-4-13(14)17/h2-5,9,11H,6-7,10H2,1H3,(H,19,20,23). The Morgan fingerprint density at radius 1 is 1.48 bits per heavy atom. The van der Waals surface area contributed by atoms with E-state index in [2.05, 4.69) is 15.3 Å². The molecule has 1 N–H and O–H groups in total. The van der Waals surface area contributed by atoms with Crippen molar-refractivity contribution in [2.45, 2.75) is 6.42 Å². The van der Waals surface area contributed by atoms with E-state index in [-0.39, 0.29) is 11.8 Å². The maximum absolute atomic E-state index is 12.4. The Hall–Kier alpha value is -2.52. The second-order valence-electron chi connectivity index (χ2n) is 5.55. The van der Waals surface area contributed by atoms with Gasteiger partial charge in [-0.05, 0) is 18.6 Å². The van der Waals surface area contributed by atoms with Crippen molar-refractivity contribution < 1.29 is 4.79 Å². The topological polar surface area (TPSA) is 74.0 Å². The number of hydrogen-bond acceptors (Lipinski definition) is 4. The number of anilines is 2. The minimum atomic E-state index is -0.153. The van der Waals surface area contributed by atoms with Gasteiger partial charge in [0.15, 0.2) is 5.82 Å². The Labute approximate surface area is 139 Å². The number of amides is 1. The van der Waals surface area contributed by atoms with E-state index < -0.39 is 0 Å². The number of rotatable bonds is 3. The van der Waals surface area contributed by atoms with Crippen LogP contribution in [0.3, 0.4) is 0 Å². The Kier molecular flexibility index (Phi) is 4.22. The molecule has 7 heteroatoms. The lowest BCUT2D eigenvalue weighted by Gasteiger charge is -2.19. The zero-order chi connectivity index (χ0) is 16.4. The molecule has 1 saturated heterocycles. The number of nitriles is 1. The van der Waals surface area contributed by atoms with Crippen LogP contribution in [0.15, 0.2) is 30.5 Å². The lowest BCUT2D eigenvalue weighted by atomic mass is 10.1. The van der Waals surface area contributed by atoms with Crippen LogP contribution in [0.4, 0.5) is 11.5 Å². The van der Waals surface area contributed by atoms with Crippen molar-refractivity contribution >= 4 is 29.0 Å². The summed E-state index contributed by atoms with van der Waals surface area (Å²) < 4.78 is 1.51. The average molecular weight is 330 g/mol. The van der Waals surface area contributed by atoms with E-state index in [1.54, 1.807) is 13.2 Å². The first-order valence-electron chi connectivity index (χ1n) is 7.32. The molecule has 0 saturated carbocycles. The molecule has 0 aliphatic carbocycles. The van der Waals surface area contributed by atoms with Gasteiger partial charge in [0, 0.05) is 26.3 Å². The molecular formula is C16H16ClN5O. The zero-order valence-corrected chi connectivity index (χ0v) is 13.4. The fraction of sp³-hybridized carbons (Fsp3) is 0.312. The van der Waals surface area contributed by atoms with Crippen molar-refractivity contribution in [2.75, 3.05) is 23.3 Å². The molecule has 2 aromatic rings. The van der Waals surface area contributed by atoms with E-state index >= 15 is 0 Å². The van der Waals surface area contributed by atoms with Crippen molar-refractivity contribution in [3.8, 4) is 6.07 Å². The number of nitrogens with one attached hydrogen (secondary N) is 1. The highest BCUT2D eigenvalue weighted by atomic mass is 35.5. The van der Waals surface area contributed by atoms with Gasteiger partial charge in [0.25, 0.3) is 0 Å². The molecule has 1 unspecified atom stereocenters. The van der Waals surface area contributed by atoms with Crippen LogP contribution in [-0.4, -0.2) is 28.8 Å². The maximum Gasteiger partial charge on any atom is 0.230 e. The van der Waals surface area contributed by atoms with Crippen molar-refractivity contribution in [3.63, 3.8) is 0 Å². The number of benzene rings is 1. The van der Waals surface area contributed by atoms with Gasteiger partial charge in [-0.15, -0.1) is 0 Å². The molecule has 23 heavy (non-hydrogen) atoms. The van der Waals surface area contributed by atoms with Crippen LogP contribution < -0.4 is 10.2 Å². The number of halogens is 1. The van der Waals surface area contributed by atoms with Gasteiger partial charge in [0.05, 0.1) is 16.6 Å². The van der Waals surface area contributed by atoms with Crippen LogP contribution in [0.5, 0.6) is 0 Å². The van der Waals surface area contributed by atoms with Gasteiger partial charge in [-0.2, -0.15) is 10.4 Å². The summed E-state index contributed by atoms with van der Waals surface area (Å²) in [6.45, 7) is 1.37.